The van der Waals surface area contributed by atoms with Crippen LogP contribution in [0.3, 0.4) is 0 Å². The molecule has 0 aliphatic carbocycles. The molecule has 19 heavy (non-hydrogen) atoms. The Balaban J connectivity index is 2.91. The number of aliphatic hydroxyl groups is 2. The number of ether oxygens (including phenoxy) is 1. The molecule has 0 aromatic heterocycles. The van der Waals surface area contributed by atoms with Gasteiger partial charge in [-0.1, -0.05) is 13.0 Å². The number of halogens is 1. The first-order chi connectivity index (χ1) is 9.01. The zero-order valence-electron chi connectivity index (χ0n) is 11.6. The molecule has 5 heteroatoms. The third kappa shape index (κ3) is 3.65. The summed E-state index contributed by atoms with van der Waals surface area (Å²) in [6.45, 7) is 3.24. The maximum atomic E-state index is 13.9. The van der Waals surface area contributed by atoms with Gasteiger partial charge in [-0.05, 0) is 19.4 Å². The van der Waals surface area contributed by atoms with Gasteiger partial charge in [0.1, 0.15) is 11.6 Å². The highest BCUT2D eigenvalue weighted by molar-refractivity contribution is 5.30. The average molecular weight is 271 g/mol. The van der Waals surface area contributed by atoms with Crippen molar-refractivity contribution in [2.75, 3.05) is 20.3 Å². The van der Waals surface area contributed by atoms with Gasteiger partial charge in [0.2, 0.25) is 0 Å². The number of nitrogens with one attached hydrogen (secondary N) is 1. The van der Waals surface area contributed by atoms with Crippen LogP contribution in [0.15, 0.2) is 18.2 Å². The van der Waals surface area contributed by atoms with Crippen LogP contribution in [0.2, 0.25) is 0 Å². The van der Waals surface area contributed by atoms with Gasteiger partial charge in [0, 0.05) is 17.7 Å². The molecule has 0 saturated heterocycles. The molecular weight excluding hydrogens is 249 g/mol. The topological polar surface area (TPSA) is 61.7 Å². The number of aliphatic hydroxyl groups excluding tert-OH is 2. The summed E-state index contributed by atoms with van der Waals surface area (Å²) in [5.41, 5.74) is -0.327. The summed E-state index contributed by atoms with van der Waals surface area (Å²) in [4.78, 5) is 0. The van der Waals surface area contributed by atoms with Crippen molar-refractivity contribution in [3.05, 3.63) is 29.6 Å². The minimum absolute atomic E-state index is 0.206. The quantitative estimate of drug-likeness (QED) is 0.705. The summed E-state index contributed by atoms with van der Waals surface area (Å²) in [5, 5.41) is 21.9. The lowest BCUT2D eigenvalue weighted by Crippen LogP contribution is -2.52. The smallest absolute Gasteiger partial charge is 0.131 e. The molecule has 1 atom stereocenters. The fraction of sp³-hybridized carbons (Fsp3) is 0.571. The molecule has 1 aromatic rings. The normalized spacial score (nSPS) is 13.4. The third-order valence-corrected chi connectivity index (χ3v) is 3.48. The standard InChI is InChI=1S/C14H22FNO3/c1-4-14(8-17,9-18)16-10(2)12-6-5-11(19-3)7-13(12)15/h5-7,10,16-18H,4,8-9H2,1-3H3. The molecule has 3 N–H and O–H groups in total. The Morgan fingerprint density at radius 2 is 2.00 bits per heavy atom. The number of methoxy groups -OCH3 is 1. The second-order valence-electron chi connectivity index (χ2n) is 4.70. The molecule has 0 aliphatic heterocycles. The Bertz CT molecular complexity index is 399. The van der Waals surface area contributed by atoms with Crippen molar-refractivity contribution in [1.29, 1.82) is 0 Å². The highest BCUT2D eigenvalue weighted by Crippen LogP contribution is 2.24. The predicted molar refractivity (Wildman–Crippen MR) is 71.7 cm³/mol. The van der Waals surface area contributed by atoms with E-state index in [1.165, 1.54) is 13.2 Å². The van der Waals surface area contributed by atoms with Crippen LogP contribution in [0.25, 0.3) is 0 Å². The Morgan fingerprint density at radius 1 is 1.37 bits per heavy atom. The third-order valence-electron chi connectivity index (χ3n) is 3.48. The predicted octanol–water partition coefficient (Wildman–Crippen LogP) is 1.62. The van der Waals surface area contributed by atoms with Crippen molar-refractivity contribution in [2.45, 2.75) is 31.8 Å². The molecule has 1 rings (SSSR count). The van der Waals surface area contributed by atoms with Gasteiger partial charge in [0.05, 0.1) is 25.9 Å². The maximum Gasteiger partial charge on any atom is 0.131 e. The monoisotopic (exact) mass is 271 g/mol. The molecule has 0 amide bonds. The number of benzene rings is 1. The Kier molecular flexibility index (Phi) is 5.72. The largest absolute Gasteiger partial charge is 0.497 e. The van der Waals surface area contributed by atoms with E-state index < -0.39 is 5.54 Å². The Hall–Kier alpha value is -1.17. The van der Waals surface area contributed by atoms with Crippen LogP contribution in [-0.2, 0) is 0 Å². The zero-order chi connectivity index (χ0) is 14.5. The zero-order valence-corrected chi connectivity index (χ0v) is 11.6. The Labute approximate surface area is 113 Å². The summed E-state index contributed by atoms with van der Waals surface area (Å²) in [6, 6.07) is 4.31. The molecule has 0 radical (unpaired) electrons. The first-order valence-electron chi connectivity index (χ1n) is 6.34. The van der Waals surface area contributed by atoms with E-state index in [2.05, 4.69) is 5.32 Å². The molecule has 0 aliphatic rings. The minimum atomic E-state index is -0.800. The van der Waals surface area contributed by atoms with Gasteiger partial charge in [-0.25, -0.2) is 4.39 Å². The lowest BCUT2D eigenvalue weighted by molar-refractivity contribution is 0.0789. The van der Waals surface area contributed by atoms with Gasteiger partial charge in [-0.3, -0.25) is 0 Å². The van der Waals surface area contributed by atoms with Crippen LogP contribution < -0.4 is 10.1 Å². The number of rotatable bonds is 7. The van der Waals surface area contributed by atoms with E-state index in [0.717, 1.165) is 0 Å². The van der Waals surface area contributed by atoms with Crippen LogP contribution in [0.4, 0.5) is 4.39 Å². The van der Waals surface area contributed by atoms with Crippen LogP contribution in [0.1, 0.15) is 31.9 Å². The summed E-state index contributed by atoms with van der Waals surface area (Å²) in [6.07, 6.45) is 0.544. The van der Waals surface area contributed by atoms with Crippen LogP contribution in [-0.4, -0.2) is 36.1 Å². The summed E-state index contributed by atoms with van der Waals surface area (Å²) in [7, 11) is 1.48. The van der Waals surface area contributed by atoms with Gasteiger partial charge in [-0.15, -0.1) is 0 Å². The van der Waals surface area contributed by atoms with Crippen molar-refractivity contribution in [3.8, 4) is 5.75 Å². The van der Waals surface area contributed by atoms with Gasteiger partial charge < -0.3 is 20.3 Å². The van der Waals surface area contributed by atoms with Gasteiger partial charge in [0.25, 0.3) is 0 Å². The molecule has 0 saturated carbocycles. The molecule has 1 unspecified atom stereocenters. The lowest BCUT2D eigenvalue weighted by atomic mass is 9.95. The first kappa shape index (κ1) is 15.9. The second kappa shape index (κ2) is 6.84. The van der Waals surface area contributed by atoms with E-state index >= 15 is 0 Å². The van der Waals surface area contributed by atoms with Crippen molar-refractivity contribution in [2.24, 2.45) is 0 Å². The minimum Gasteiger partial charge on any atom is -0.497 e. The van der Waals surface area contributed by atoms with E-state index in [9.17, 15) is 14.6 Å². The van der Waals surface area contributed by atoms with E-state index in [1.54, 1.807) is 19.1 Å². The summed E-state index contributed by atoms with van der Waals surface area (Å²) in [5.74, 6) is 0.0831. The molecule has 0 bridgehead atoms. The van der Waals surface area contributed by atoms with Gasteiger partial charge >= 0.3 is 0 Å². The first-order valence-corrected chi connectivity index (χ1v) is 6.34. The van der Waals surface area contributed by atoms with Crippen molar-refractivity contribution in [1.82, 2.24) is 5.32 Å². The van der Waals surface area contributed by atoms with E-state index in [-0.39, 0.29) is 25.1 Å². The highest BCUT2D eigenvalue weighted by Gasteiger charge is 2.29. The number of hydrogen-bond acceptors (Lipinski definition) is 4. The van der Waals surface area contributed by atoms with Crippen molar-refractivity contribution >= 4 is 0 Å². The fourth-order valence-corrected chi connectivity index (χ4v) is 1.99. The summed E-state index contributed by atoms with van der Waals surface area (Å²) >= 11 is 0. The molecular formula is C14H22FNO3. The molecule has 108 valence electrons. The van der Waals surface area contributed by atoms with Crippen LogP contribution >= 0.6 is 0 Å². The maximum absolute atomic E-state index is 13.9. The lowest BCUT2D eigenvalue weighted by Gasteiger charge is -2.33. The molecule has 0 heterocycles. The van der Waals surface area contributed by atoms with Crippen LogP contribution in [0.5, 0.6) is 5.75 Å². The van der Waals surface area contributed by atoms with Crippen LogP contribution in [0, 0.1) is 5.82 Å². The molecule has 1 aromatic carbocycles. The number of hydrogen-bond donors (Lipinski definition) is 3. The van der Waals surface area contributed by atoms with Gasteiger partial charge in [-0.2, -0.15) is 0 Å². The van der Waals surface area contributed by atoms with Gasteiger partial charge in [0.15, 0.2) is 0 Å². The van der Waals surface area contributed by atoms with Crippen molar-refractivity contribution < 1.29 is 19.3 Å². The second-order valence-corrected chi connectivity index (χ2v) is 4.70. The molecule has 0 spiro atoms. The fourth-order valence-electron chi connectivity index (χ4n) is 1.99. The van der Waals surface area contributed by atoms with E-state index in [1.807, 2.05) is 6.92 Å². The Morgan fingerprint density at radius 3 is 2.42 bits per heavy atom. The molecule has 4 nitrogen and oxygen atoms in total. The van der Waals surface area contributed by atoms with E-state index in [0.29, 0.717) is 17.7 Å². The van der Waals surface area contributed by atoms with Crippen molar-refractivity contribution in [3.63, 3.8) is 0 Å². The SMILES string of the molecule is CCC(CO)(CO)NC(C)c1ccc(OC)cc1F. The summed E-state index contributed by atoms with van der Waals surface area (Å²) < 4.78 is 18.9. The molecule has 0 fully saturated rings. The average Bonchev–Trinajstić information content (AvgIpc) is 2.44. The van der Waals surface area contributed by atoms with E-state index in [4.69, 9.17) is 4.74 Å². The highest BCUT2D eigenvalue weighted by atomic mass is 19.1.